The van der Waals surface area contributed by atoms with Gasteiger partial charge in [-0.1, -0.05) is 0 Å². The van der Waals surface area contributed by atoms with Crippen molar-refractivity contribution in [1.82, 2.24) is 0 Å². The Kier molecular flexibility index (Phi) is 2.33. The average Bonchev–Trinajstić information content (AvgIpc) is 2.91. The molecule has 1 N–H and O–H groups in total. The van der Waals surface area contributed by atoms with Gasteiger partial charge in [-0.15, -0.1) is 0 Å². The quantitative estimate of drug-likeness (QED) is 0.871. The SMILES string of the molecule is COc1cc(C2(O)CC2)c(OC)c2c1CCC2. The Morgan fingerprint density at radius 1 is 1.12 bits per heavy atom. The first-order chi connectivity index (χ1) is 8.19. The lowest BCUT2D eigenvalue weighted by molar-refractivity contribution is 0.147. The molecule has 0 atom stereocenters. The molecule has 0 heterocycles. The van der Waals surface area contributed by atoms with E-state index in [0.29, 0.717) is 0 Å². The summed E-state index contributed by atoms with van der Waals surface area (Å²) in [6.07, 6.45) is 4.87. The van der Waals surface area contributed by atoms with E-state index in [0.717, 1.165) is 49.2 Å². The topological polar surface area (TPSA) is 38.7 Å². The van der Waals surface area contributed by atoms with E-state index in [1.54, 1.807) is 14.2 Å². The number of fused-ring (bicyclic) bond motifs is 1. The molecular weight excluding hydrogens is 216 g/mol. The molecule has 1 fully saturated rings. The molecule has 17 heavy (non-hydrogen) atoms. The zero-order valence-corrected chi connectivity index (χ0v) is 10.4. The molecule has 0 aliphatic heterocycles. The summed E-state index contributed by atoms with van der Waals surface area (Å²) in [7, 11) is 3.39. The van der Waals surface area contributed by atoms with Crippen molar-refractivity contribution >= 4 is 0 Å². The first-order valence-electron chi connectivity index (χ1n) is 6.19. The van der Waals surface area contributed by atoms with Gasteiger partial charge in [0.2, 0.25) is 0 Å². The van der Waals surface area contributed by atoms with E-state index in [1.807, 2.05) is 6.07 Å². The van der Waals surface area contributed by atoms with E-state index in [1.165, 1.54) is 11.1 Å². The second kappa shape index (κ2) is 3.64. The fraction of sp³-hybridized carbons (Fsp3) is 0.571. The highest BCUT2D eigenvalue weighted by Gasteiger charge is 2.45. The molecule has 1 aromatic carbocycles. The first kappa shape index (κ1) is 10.9. The molecule has 0 bridgehead atoms. The molecule has 0 spiro atoms. The second-order valence-electron chi connectivity index (χ2n) is 5.00. The van der Waals surface area contributed by atoms with Crippen LogP contribution in [0, 0.1) is 0 Å². The van der Waals surface area contributed by atoms with Crippen LogP contribution in [0.5, 0.6) is 11.5 Å². The van der Waals surface area contributed by atoms with Crippen LogP contribution in [0.2, 0.25) is 0 Å². The predicted octanol–water partition coefficient (Wildman–Crippen LogP) is 2.17. The molecule has 3 rings (SSSR count). The van der Waals surface area contributed by atoms with Crippen molar-refractivity contribution in [3.05, 3.63) is 22.8 Å². The van der Waals surface area contributed by atoms with Gasteiger partial charge < -0.3 is 14.6 Å². The van der Waals surface area contributed by atoms with Crippen LogP contribution in [-0.4, -0.2) is 19.3 Å². The van der Waals surface area contributed by atoms with Gasteiger partial charge in [0.05, 0.1) is 19.8 Å². The monoisotopic (exact) mass is 234 g/mol. The van der Waals surface area contributed by atoms with Gasteiger partial charge in [-0.25, -0.2) is 0 Å². The fourth-order valence-electron chi connectivity index (χ4n) is 2.86. The average molecular weight is 234 g/mol. The number of ether oxygens (including phenoxy) is 2. The smallest absolute Gasteiger partial charge is 0.128 e. The molecule has 1 aromatic rings. The zero-order chi connectivity index (χ0) is 12.0. The van der Waals surface area contributed by atoms with Crippen molar-refractivity contribution in [3.8, 4) is 11.5 Å². The summed E-state index contributed by atoms with van der Waals surface area (Å²) < 4.78 is 11.0. The molecule has 0 radical (unpaired) electrons. The van der Waals surface area contributed by atoms with Crippen LogP contribution in [-0.2, 0) is 18.4 Å². The summed E-state index contributed by atoms with van der Waals surface area (Å²) in [5.74, 6) is 1.80. The Labute approximate surface area is 101 Å². The van der Waals surface area contributed by atoms with E-state index in [2.05, 4.69) is 0 Å². The summed E-state index contributed by atoms with van der Waals surface area (Å²) in [6.45, 7) is 0. The molecule has 92 valence electrons. The van der Waals surface area contributed by atoms with Crippen LogP contribution in [0.1, 0.15) is 36.0 Å². The maximum Gasteiger partial charge on any atom is 0.128 e. The number of methoxy groups -OCH3 is 2. The number of hydrogen-bond acceptors (Lipinski definition) is 3. The van der Waals surface area contributed by atoms with Crippen molar-refractivity contribution in [2.75, 3.05) is 14.2 Å². The number of hydrogen-bond donors (Lipinski definition) is 1. The fourth-order valence-corrected chi connectivity index (χ4v) is 2.86. The zero-order valence-electron chi connectivity index (χ0n) is 10.4. The third-order valence-electron chi connectivity index (χ3n) is 3.96. The van der Waals surface area contributed by atoms with Crippen molar-refractivity contribution in [2.45, 2.75) is 37.7 Å². The Morgan fingerprint density at radius 3 is 2.41 bits per heavy atom. The van der Waals surface area contributed by atoms with E-state index in [9.17, 15) is 5.11 Å². The lowest BCUT2D eigenvalue weighted by atomic mass is 9.98. The Morgan fingerprint density at radius 2 is 1.82 bits per heavy atom. The highest BCUT2D eigenvalue weighted by molar-refractivity contribution is 5.58. The van der Waals surface area contributed by atoms with Crippen molar-refractivity contribution in [2.24, 2.45) is 0 Å². The molecule has 2 aliphatic carbocycles. The highest BCUT2D eigenvalue weighted by atomic mass is 16.5. The number of aliphatic hydroxyl groups is 1. The number of rotatable bonds is 3. The Bertz CT molecular complexity index is 461. The summed E-state index contributed by atoms with van der Waals surface area (Å²) in [4.78, 5) is 0. The molecule has 3 heteroatoms. The van der Waals surface area contributed by atoms with Crippen molar-refractivity contribution in [3.63, 3.8) is 0 Å². The molecule has 0 aromatic heterocycles. The van der Waals surface area contributed by atoms with Crippen LogP contribution in [0.15, 0.2) is 6.07 Å². The van der Waals surface area contributed by atoms with Crippen LogP contribution < -0.4 is 9.47 Å². The minimum Gasteiger partial charge on any atom is -0.496 e. The summed E-state index contributed by atoms with van der Waals surface area (Å²) in [5.41, 5.74) is 2.74. The van der Waals surface area contributed by atoms with E-state index < -0.39 is 5.60 Å². The van der Waals surface area contributed by atoms with Gasteiger partial charge in [-0.2, -0.15) is 0 Å². The van der Waals surface area contributed by atoms with E-state index >= 15 is 0 Å². The summed E-state index contributed by atoms with van der Waals surface area (Å²) in [6, 6.07) is 1.97. The minimum atomic E-state index is -0.670. The lowest BCUT2D eigenvalue weighted by Crippen LogP contribution is -2.09. The molecule has 0 unspecified atom stereocenters. The third kappa shape index (κ3) is 1.53. The van der Waals surface area contributed by atoms with Crippen LogP contribution >= 0.6 is 0 Å². The van der Waals surface area contributed by atoms with Gasteiger partial charge in [0.15, 0.2) is 0 Å². The van der Waals surface area contributed by atoms with Crippen molar-refractivity contribution < 1.29 is 14.6 Å². The molecule has 2 aliphatic rings. The van der Waals surface area contributed by atoms with Crippen LogP contribution in [0.25, 0.3) is 0 Å². The van der Waals surface area contributed by atoms with Gasteiger partial charge in [0.1, 0.15) is 11.5 Å². The first-order valence-corrected chi connectivity index (χ1v) is 6.19. The second-order valence-corrected chi connectivity index (χ2v) is 5.00. The Balaban J connectivity index is 2.21. The summed E-state index contributed by atoms with van der Waals surface area (Å²) >= 11 is 0. The third-order valence-corrected chi connectivity index (χ3v) is 3.96. The molecule has 0 amide bonds. The maximum atomic E-state index is 10.3. The maximum absolute atomic E-state index is 10.3. The normalized spacial score (nSPS) is 19.9. The van der Waals surface area contributed by atoms with E-state index in [4.69, 9.17) is 9.47 Å². The lowest BCUT2D eigenvalue weighted by Gasteiger charge is -2.19. The standard InChI is InChI=1S/C14H18O3/c1-16-12-8-11(14(15)6-7-14)13(17-2)10-5-3-4-9(10)12/h8,15H,3-7H2,1-2H3. The highest BCUT2D eigenvalue weighted by Crippen LogP contribution is 2.52. The Hall–Kier alpha value is -1.22. The van der Waals surface area contributed by atoms with Gasteiger partial charge in [0, 0.05) is 16.7 Å². The minimum absolute atomic E-state index is 0.670. The van der Waals surface area contributed by atoms with Gasteiger partial charge in [-0.3, -0.25) is 0 Å². The number of benzene rings is 1. The largest absolute Gasteiger partial charge is 0.496 e. The van der Waals surface area contributed by atoms with Gasteiger partial charge in [-0.05, 0) is 38.2 Å². The predicted molar refractivity (Wildman–Crippen MR) is 64.7 cm³/mol. The molecule has 0 saturated heterocycles. The molecule has 3 nitrogen and oxygen atoms in total. The van der Waals surface area contributed by atoms with Gasteiger partial charge >= 0.3 is 0 Å². The summed E-state index contributed by atoms with van der Waals surface area (Å²) in [5, 5.41) is 10.3. The van der Waals surface area contributed by atoms with Crippen molar-refractivity contribution in [1.29, 1.82) is 0 Å². The van der Waals surface area contributed by atoms with Crippen LogP contribution in [0.4, 0.5) is 0 Å². The van der Waals surface area contributed by atoms with Gasteiger partial charge in [0.25, 0.3) is 0 Å². The molecule has 1 saturated carbocycles. The van der Waals surface area contributed by atoms with Crippen LogP contribution in [0.3, 0.4) is 0 Å². The molecular formula is C14H18O3. The van der Waals surface area contributed by atoms with E-state index in [-0.39, 0.29) is 0 Å².